The Morgan fingerprint density at radius 1 is 1.71 bits per heavy atom. The molecule has 0 aliphatic rings. The molecule has 0 amide bonds. The first-order valence-electron chi connectivity index (χ1n) is 1.55. The number of aliphatic hydroxyl groups is 1. The molecule has 0 aromatic heterocycles. The summed E-state index contributed by atoms with van der Waals surface area (Å²) in [5.41, 5.74) is 0. The van der Waals surface area contributed by atoms with Gasteiger partial charge in [0.25, 0.3) is 0 Å². The van der Waals surface area contributed by atoms with E-state index in [1.165, 1.54) is 6.92 Å². The summed E-state index contributed by atoms with van der Waals surface area (Å²) in [5, 5.41) is 15.8. The summed E-state index contributed by atoms with van der Waals surface area (Å²) >= 11 is 0. The fourth-order valence-corrected chi connectivity index (χ4v) is 0. The second-order valence-corrected chi connectivity index (χ2v) is 1.01. The number of carboxylic acids is 1. The number of hydrogen-bond acceptors (Lipinski definition) is 2. The van der Waals surface area contributed by atoms with Crippen molar-refractivity contribution in [2.75, 3.05) is 0 Å². The largest absolute Gasteiger partial charge is 0.479 e. The first-order valence-corrected chi connectivity index (χ1v) is 1.55. The Hall–Kier alpha value is 0.690. The van der Waals surface area contributed by atoms with Gasteiger partial charge >= 0.3 is 5.97 Å². The molecule has 0 aliphatic heterocycles. The van der Waals surface area contributed by atoms with Gasteiger partial charge < -0.3 is 10.2 Å². The fraction of sp³-hybridized carbons (Fsp3) is 0.667. The van der Waals surface area contributed by atoms with Crippen LogP contribution in [0.1, 0.15) is 6.92 Å². The molecular formula is C3H6CaO3. The number of rotatable bonds is 1. The van der Waals surface area contributed by atoms with Crippen molar-refractivity contribution in [2.45, 2.75) is 13.0 Å². The monoisotopic (exact) mass is 130 g/mol. The maximum atomic E-state index is 9.45. The third-order valence-electron chi connectivity index (χ3n) is 0.357. The molecule has 0 fully saturated rings. The predicted octanol–water partition coefficient (Wildman–Crippen LogP) is -0.929. The van der Waals surface area contributed by atoms with Crippen LogP contribution in [0.4, 0.5) is 0 Å². The van der Waals surface area contributed by atoms with E-state index in [0.29, 0.717) is 0 Å². The third-order valence-corrected chi connectivity index (χ3v) is 0.357. The molecule has 4 heteroatoms. The van der Waals surface area contributed by atoms with Crippen LogP contribution >= 0.6 is 0 Å². The minimum absolute atomic E-state index is 0. The van der Waals surface area contributed by atoms with Crippen molar-refractivity contribution in [1.29, 1.82) is 0 Å². The van der Waals surface area contributed by atoms with E-state index in [1.807, 2.05) is 0 Å². The van der Waals surface area contributed by atoms with Crippen LogP contribution in [0.25, 0.3) is 0 Å². The molecule has 0 saturated heterocycles. The normalized spacial score (nSPS) is 11.7. The molecule has 7 heavy (non-hydrogen) atoms. The Bertz CT molecular complexity index is 61.2. The van der Waals surface area contributed by atoms with Gasteiger partial charge in [-0.15, -0.1) is 0 Å². The van der Waals surface area contributed by atoms with Crippen LogP contribution in [-0.2, 0) is 4.79 Å². The Kier molecular flexibility index (Phi) is 7.35. The van der Waals surface area contributed by atoms with E-state index in [9.17, 15) is 4.79 Å². The molecule has 2 radical (unpaired) electrons. The van der Waals surface area contributed by atoms with Crippen molar-refractivity contribution in [2.24, 2.45) is 0 Å². The molecule has 0 spiro atoms. The van der Waals surface area contributed by atoms with E-state index in [4.69, 9.17) is 10.2 Å². The van der Waals surface area contributed by atoms with Crippen molar-refractivity contribution in [3.05, 3.63) is 0 Å². The second-order valence-electron chi connectivity index (χ2n) is 1.01. The van der Waals surface area contributed by atoms with Gasteiger partial charge in [-0.25, -0.2) is 4.79 Å². The molecule has 38 valence electrons. The summed E-state index contributed by atoms with van der Waals surface area (Å²) in [6.07, 6.45) is -1.23. The van der Waals surface area contributed by atoms with Crippen molar-refractivity contribution in [3.63, 3.8) is 0 Å². The van der Waals surface area contributed by atoms with Crippen LogP contribution < -0.4 is 0 Å². The molecule has 0 aliphatic carbocycles. The van der Waals surface area contributed by atoms with E-state index < -0.39 is 12.1 Å². The quantitative estimate of drug-likeness (QED) is 0.451. The number of carbonyl (C=O) groups is 1. The Balaban J connectivity index is 0. The molecule has 0 aromatic carbocycles. The van der Waals surface area contributed by atoms with Crippen LogP contribution in [0, 0.1) is 0 Å². The number of carboxylic acid groups (broad SMARTS) is 1. The molecule has 2 N–H and O–H groups in total. The summed E-state index contributed by atoms with van der Waals surface area (Å²) in [5.74, 6) is -1.19. The molecule has 3 nitrogen and oxygen atoms in total. The van der Waals surface area contributed by atoms with Crippen LogP contribution in [0.15, 0.2) is 0 Å². The van der Waals surface area contributed by atoms with Gasteiger partial charge in [-0.3, -0.25) is 0 Å². The topological polar surface area (TPSA) is 57.5 Å². The van der Waals surface area contributed by atoms with Crippen molar-refractivity contribution in [3.8, 4) is 0 Å². The number of hydrogen-bond donors (Lipinski definition) is 2. The molecule has 0 aromatic rings. The maximum Gasteiger partial charge on any atom is 0.332 e. The zero-order valence-electron chi connectivity index (χ0n) is 4.09. The van der Waals surface area contributed by atoms with Gasteiger partial charge in [0, 0.05) is 37.7 Å². The van der Waals surface area contributed by atoms with Crippen LogP contribution in [0.5, 0.6) is 0 Å². The van der Waals surface area contributed by atoms with Gasteiger partial charge in [0.1, 0.15) is 6.10 Å². The molecule has 0 rings (SSSR count). The van der Waals surface area contributed by atoms with E-state index in [1.54, 1.807) is 0 Å². The molecule has 0 heterocycles. The van der Waals surface area contributed by atoms with Gasteiger partial charge in [-0.1, -0.05) is 0 Å². The zero-order valence-corrected chi connectivity index (χ0v) is 6.30. The van der Waals surface area contributed by atoms with E-state index >= 15 is 0 Å². The fourth-order valence-electron chi connectivity index (χ4n) is 0. The SMILES string of the molecule is C[C@H](O)C(=O)O.[Ca]. The van der Waals surface area contributed by atoms with Crippen LogP contribution in [0.3, 0.4) is 0 Å². The zero-order chi connectivity index (χ0) is 5.15. The van der Waals surface area contributed by atoms with Gasteiger partial charge in [0.05, 0.1) is 0 Å². The Morgan fingerprint density at radius 3 is 1.86 bits per heavy atom. The van der Waals surface area contributed by atoms with Gasteiger partial charge in [0.2, 0.25) is 0 Å². The average molecular weight is 130 g/mol. The van der Waals surface area contributed by atoms with E-state index in [-0.39, 0.29) is 37.7 Å². The van der Waals surface area contributed by atoms with Gasteiger partial charge in [-0.2, -0.15) is 0 Å². The summed E-state index contributed by atoms with van der Waals surface area (Å²) in [6.45, 7) is 1.20. The van der Waals surface area contributed by atoms with Gasteiger partial charge in [0.15, 0.2) is 0 Å². The number of aliphatic hydroxyl groups excluding tert-OH is 1. The van der Waals surface area contributed by atoms with Crippen molar-refractivity contribution < 1.29 is 15.0 Å². The van der Waals surface area contributed by atoms with Crippen LogP contribution in [-0.4, -0.2) is 60.0 Å². The smallest absolute Gasteiger partial charge is 0.332 e. The maximum absolute atomic E-state index is 9.45. The molecule has 0 bridgehead atoms. The van der Waals surface area contributed by atoms with Crippen molar-refractivity contribution in [1.82, 2.24) is 0 Å². The first-order chi connectivity index (χ1) is 2.64. The minimum Gasteiger partial charge on any atom is -0.479 e. The molecular weight excluding hydrogens is 124 g/mol. The Morgan fingerprint density at radius 2 is 1.86 bits per heavy atom. The average Bonchev–Trinajstić information content (AvgIpc) is 1.36. The summed E-state index contributed by atoms with van der Waals surface area (Å²) < 4.78 is 0. The summed E-state index contributed by atoms with van der Waals surface area (Å²) in [6, 6.07) is 0. The number of aliphatic carboxylic acids is 1. The Labute approximate surface area is 71.3 Å². The van der Waals surface area contributed by atoms with E-state index in [2.05, 4.69) is 0 Å². The molecule has 0 saturated carbocycles. The summed E-state index contributed by atoms with van der Waals surface area (Å²) in [4.78, 5) is 9.45. The van der Waals surface area contributed by atoms with Crippen LogP contribution in [0.2, 0.25) is 0 Å². The minimum atomic E-state index is -1.23. The first kappa shape index (κ1) is 10.6. The summed E-state index contributed by atoms with van der Waals surface area (Å²) in [7, 11) is 0. The van der Waals surface area contributed by atoms with Gasteiger partial charge in [-0.05, 0) is 6.92 Å². The standard InChI is InChI=1S/C3H6O3.Ca/c1-2(4)3(5)6;/h2,4H,1H3,(H,5,6);/t2-;/m0./s1. The third kappa shape index (κ3) is 6.69. The molecule has 1 atom stereocenters. The second kappa shape index (κ2) is 4.84. The van der Waals surface area contributed by atoms with E-state index in [0.717, 1.165) is 0 Å². The molecule has 0 unspecified atom stereocenters. The predicted molar refractivity (Wildman–Crippen MR) is 25.1 cm³/mol. The van der Waals surface area contributed by atoms with Crippen molar-refractivity contribution >= 4 is 43.7 Å².